The molecule has 1 aromatic rings. The number of hydrogen-bond donors (Lipinski definition) is 1. The fraction of sp³-hybridized carbons (Fsp3) is 0.647. The summed E-state index contributed by atoms with van der Waals surface area (Å²) in [5.74, 6) is 1.09. The highest BCUT2D eigenvalue weighted by Gasteiger charge is 2.23. The molecule has 0 spiro atoms. The molecule has 2 atom stereocenters. The first-order chi connectivity index (χ1) is 11.9. The second-order valence-electron chi connectivity index (χ2n) is 5.62. The van der Waals surface area contributed by atoms with E-state index in [0.29, 0.717) is 49.9 Å². The van der Waals surface area contributed by atoms with E-state index >= 15 is 0 Å². The van der Waals surface area contributed by atoms with Crippen molar-refractivity contribution < 1.29 is 32.9 Å². The van der Waals surface area contributed by atoms with Crippen molar-refractivity contribution in [2.75, 3.05) is 40.6 Å². The maximum absolute atomic E-state index is 12.3. The Bertz CT molecular complexity index is 522. The van der Waals surface area contributed by atoms with Crippen LogP contribution < -0.4 is 9.47 Å². The highest BCUT2D eigenvalue weighted by molar-refractivity contribution is 7.52. The van der Waals surface area contributed by atoms with E-state index in [2.05, 4.69) is 0 Å². The third-order valence-electron chi connectivity index (χ3n) is 3.35. The highest BCUT2D eigenvalue weighted by atomic mass is 31.2. The molecule has 1 rings (SSSR count). The normalized spacial score (nSPS) is 14.8. The number of hydrogen-bond acceptors (Lipinski definition) is 6. The minimum Gasteiger partial charge on any atom is -0.491 e. The van der Waals surface area contributed by atoms with Crippen molar-refractivity contribution in [3.8, 4) is 11.5 Å². The van der Waals surface area contributed by atoms with Crippen LogP contribution in [0.3, 0.4) is 0 Å². The van der Waals surface area contributed by atoms with E-state index in [1.54, 1.807) is 39.3 Å². The Morgan fingerprint density at radius 3 is 1.96 bits per heavy atom. The average molecular weight is 376 g/mol. The van der Waals surface area contributed by atoms with E-state index in [9.17, 15) is 9.46 Å². The summed E-state index contributed by atoms with van der Waals surface area (Å²) in [5.41, 5.74) is 0.608. The van der Waals surface area contributed by atoms with Gasteiger partial charge in [-0.05, 0) is 31.0 Å². The van der Waals surface area contributed by atoms with Crippen LogP contribution in [0.1, 0.15) is 25.8 Å². The van der Waals surface area contributed by atoms with Crippen LogP contribution in [-0.2, 0) is 24.7 Å². The molecule has 0 aliphatic heterocycles. The molecule has 8 heteroatoms. The molecule has 0 bridgehead atoms. The second kappa shape index (κ2) is 11.5. The first-order valence-electron chi connectivity index (χ1n) is 8.27. The van der Waals surface area contributed by atoms with Gasteiger partial charge in [0.05, 0.1) is 25.5 Å². The smallest absolute Gasteiger partial charge is 0.332 e. The van der Waals surface area contributed by atoms with Crippen LogP contribution in [0.5, 0.6) is 11.5 Å². The van der Waals surface area contributed by atoms with Crippen molar-refractivity contribution in [1.82, 2.24) is 0 Å². The zero-order chi connectivity index (χ0) is 18.7. The van der Waals surface area contributed by atoms with Crippen LogP contribution in [0.25, 0.3) is 0 Å². The number of ether oxygens (including phenoxy) is 4. The summed E-state index contributed by atoms with van der Waals surface area (Å²) in [4.78, 5) is 10.1. The van der Waals surface area contributed by atoms with Gasteiger partial charge in [0.25, 0.3) is 0 Å². The highest BCUT2D eigenvalue weighted by Crippen LogP contribution is 2.48. The number of methoxy groups -OCH3 is 2. The molecule has 0 amide bonds. The van der Waals surface area contributed by atoms with Gasteiger partial charge in [0, 0.05) is 20.3 Å². The molecule has 7 nitrogen and oxygen atoms in total. The van der Waals surface area contributed by atoms with Crippen LogP contribution in [0, 0.1) is 0 Å². The first kappa shape index (κ1) is 21.9. The monoisotopic (exact) mass is 376 g/mol. The van der Waals surface area contributed by atoms with E-state index in [1.807, 2.05) is 6.92 Å². The molecular weight excluding hydrogens is 347 g/mol. The predicted molar refractivity (Wildman–Crippen MR) is 95.6 cm³/mol. The average Bonchev–Trinajstić information content (AvgIpc) is 2.54. The quantitative estimate of drug-likeness (QED) is 0.418. The lowest BCUT2D eigenvalue weighted by molar-refractivity contribution is 0.142. The van der Waals surface area contributed by atoms with E-state index < -0.39 is 7.60 Å². The van der Waals surface area contributed by atoms with Crippen molar-refractivity contribution in [2.45, 2.75) is 32.5 Å². The van der Waals surface area contributed by atoms with E-state index in [1.165, 1.54) is 0 Å². The SMILES string of the molecule is CCC(C)OP(=O)(O)Cc1cc(OCCOC)cc(OCCOC)c1. The molecule has 1 N–H and O–H groups in total. The summed E-state index contributed by atoms with van der Waals surface area (Å²) in [6.45, 7) is 5.30. The van der Waals surface area contributed by atoms with Gasteiger partial charge in [-0.1, -0.05) is 6.92 Å². The second-order valence-corrected chi connectivity index (χ2v) is 7.42. The zero-order valence-corrected chi connectivity index (χ0v) is 16.3. The van der Waals surface area contributed by atoms with Gasteiger partial charge in [-0.3, -0.25) is 4.57 Å². The van der Waals surface area contributed by atoms with Gasteiger partial charge < -0.3 is 28.4 Å². The zero-order valence-electron chi connectivity index (χ0n) is 15.4. The molecule has 25 heavy (non-hydrogen) atoms. The molecule has 0 saturated carbocycles. The Morgan fingerprint density at radius 1 is 1.00 bits per heavy atom. The van der Waals surface area contributed by atoms with Gasteiger partial charge in [-0.25, -0.2) is 0 Å². The summed E-state index contributed by atoms with van der Waals surface area (Å²) < 4.78 is 38.7. The Hall–Kier alpha value is -1.11. The lowest BCUT2D eigenvalue weighted by Gasteiger charge is -2.18. The lowest BCUT2D eigenvalue weighted by atomic mass is 10.2. The molecule has 0 aliphatic rings. The Kier molecular flexibility index (Phi) is 10.1. The summed E-state index contributed by atoms with van der Waals surface area (Å²) in [6.07, 6.45) is 0.268. The van der Waals surface area contributed by atoms with E-state index in [4.69, 9.17) is 23.5 Å². The molecule has 1 aromatic carbocycles. The van der Waals surface area contributed by atoms with E-state index in [0.717, 1.165) is 0 Å². The largest absolute Gasteiger partial charge is 0.491 e. The van der Waals surface area contributed by atoms with Crippen LogP contribution in [-0.4, -0.2) is 51.6 Å². The predicted octanol–water partition coefficient (Wildman–Crippen LogP) is 3.24. The number of rotatable bonds is 13. The molecule has 0 fully saturated rings. The van der Waals surface area contributed by atoms with Crippen LogP contribution in [0.2, 0.25) is 0 Å². The standard InChI is InChI=1S/C17H29O7P/c1-5-14(2)24-25(18,19)13-15-10-16(22-8-6-20-3)12-17(11-15)23-9-7-21-4/h10-12,14H,5-9,13H2,1-4H3,(H,18,19). The first-order valence-corrected chi connectivity index (χ1v) is 10.0. The molecule has 144 valence electrons. The van der Waals surface area contributed by atoms with Crippen molar-refractivity contribution in [1.29, 1.82) is 0 Å². The van der Waals surface area contributed by atoms with Crippen molar-refractivity contribution in [3.05, 3.63) is 23.8 Å². The molecule has 0 aliphatic carbocycles. The number of benzene rings is 1. The summed E-state index contributed by atoms with van der Waals surface area (Å²) in [7, 11) is -0.569. The molecular formula is C17H29O7P. The minimum absolute atomic E-state index is 0.112. The van der Waals surface area contributed by atoms with Gasteiger partial charge in [0.1, 0.15) is 24.7 Å². The lowest BCUT2D eigenvalue weighted by Crippen LogP contribution is -2.08. The fourth-order valence-electron chi connectivity index (χ4n) is 2.00. The van der Waals surface area contributed by atoms with Crippen LogP contribution in [0.4, 0.5) is 0 Å². The molecule has 0 saturated heterocycles. The van der Waals surface area contributed by atoms with E-state index in [-0.39, 0.29) is 12.3 Å². The van der Waals surface area contributed by atoms with Crippen molar-refractivity contribution >= 4 is 7.60 Å². The molecule has 0 aromatic heterocycles. The summed E-state index contributed by atoms with van der Waals surface area (Å²) >= 11 is 0. The third kappa shape index (κ3) is 9.23. The maximum atomic E-state index is 12.3. The summed E-state index contributed by atoms with van der Waals surface area (Å²) in [6, 6.07) is 5.15. The van der Waals surface area contributed by atoms with Crippen molar-refractivity contribution in [2.24, 2.45) is 0 Å². The van der Waals surface area contributed by atoms with Gasteiger partial charge in [0.15, 0.2) is 0 Å². The maximum Gasteiger partial charge on any atom is 0.332 e. The van der Waals surface area contributed by atoms with Gasteiger partial charge in [-0.2, -0.15) is 0 Å². The van der Waals surface area contributed by atoms with Gasteiger partial charge in [0.2, 0.25) is 0 Å². The van der Waals surface area contributed by atoms with Crippen LogP contribution >= 0.6 is 7.60 Å². The molecule has 2 unspecified atom stereocenters. The van der Waals surface area contributed by atoms with Crippen molar-refractivity contribution in [3.63, 3.8) is 0 Å². The Morgan fingerprint density at radius 2 is 1.52 bits per heavy atom. The van der Waals surface area contributed by atoms with Gasteiger partial charge >= 0.3 is 7.60 Å². The van der Waals surface area contributed by atoms with Crippen LogP contribution in [0.15, 0.2) is 18.2 Å². The minimum atomic E-state index is -3.75. The Labute approximate surface area is 149 Å². The summed E-state index contributed by atoms with van der Waals surface area (Å²) in [5, 5.41) is 0. The fourth-order valence-corrected chi connectivity index (χ4v) is 3.43. The Balaban J connectivity index is 2.88. The third-order valence-corrected chi connectivity index (χ3v) is 4.81. The van der Waals surface area contributed by atoms with Gasteiger partial charge in [-0.15, -0.1) is 0 Å². The molecule has 0 radical (unpaired) electrons. The molecule has 0 heterocycles. The topological polar surface area (TPSA) is 83.5 Å².